The normalized spacial score (nSPS) is 15.2. The van der Waals surface area contributed by atoms with Gasteiger partial charge in [0.15, 0.2) is 11.6 Å². The third-order valence-electron chi connectivity index (χ3n) is 7.38. The fraction of sp³-hybridized carbons (Fsp3) is 0.588. The van der Waals surface area contributed by atoms with E-state index in [0.717, 1.165) is 0 Å². The number of carbonyl (C=O) groups is 2. The van der Waals surface area contributed by atoms with Crippen LogP contribution in [0.4, 0.5) is 0 Å². The number of ketones is 2. The van der Waals surface area contributed by atoms with Crippen LogP contribution in [0.5, 0.6) is 23.0 Å². The Morgan fingerprint density at radius 2 is 0.881 bits per heavy atom. The molecule has 4 unspecified atom stereocenters. The van der Waals surface area contributed by atoms with Crippen molar-refractivity contribution in [3.63, 3.8) is 0 Å². The Morgan fingerprint density at radius 3 is 1.10 bits per heavy atom. The van der Waals surface area contributed by atoms with Crippen molar-refractivity contribution in [2.75, 3.05) is 28.4 Å². The summed E-state index contributed by atoms with van der Waals surface area (Å²) in [5, 5.41) is 0. The zero-order valence-corrected chi connectivity index (χ0v) is 28.4. The summed E-state index contributed by atoms with van der Waals surface area (Å²) >= 11 is 0. The molecule has 0 aromatic heterocycles. The Balaban J connectivity index is 2.85. The number of carbonyl (C=O) groups excluding carboxylic acids is 2. The lowest BCUT2D eigenvalue weighted by atomic mass is 9.82. The van der Waals surface area contributed by atoms with E-state index in [0.29, 0.717) is 35.8 Å². The molecule has 0 amide bonds. The average molecular weight is 602 g/mol. The smallest absolute Gasteiger partial charge is 0.184 e. The standard InChI is InChI=1S/C34H50O7P/c1-21(19-33(3,4)5)31(29(35)27-23(38-9)15-13-16-24(27)39-10)42(37)32(22(2)20-34(6,7)8)30(36)28-25(40-11)17-14-18-26(28)41-12/h13-18,21-22,31-32H,19-20H2,1-12H3. The molecule has 2 aromatic carbocycles. The molecule has 0 fully saturated rings. The predicted octanol–water partition coefficient (Wildman–Crippen LogP) is 8.50. The number of methoxy groups -OCH3 is 4. The minimum Gasteiger partial charge on any atom is -0.496 e. The Labute approximate surface area is 253 Å². The zero-order chi connectivity index (χ0) is 32.0. The minimum atomic E-state index is -2.46. The first-order valence-electron chi connectivity index (χ1n) is 14.5. The third-order valence-corrected chi connectivity index (χ3v) is 9.96. The number of ether oxygens (including phenoxy) is 4. The van der Waals surface area contributed by atoms with Gasteiger partial charge in [-0.15, -0.1) is 0 Å². The van der Waals surface area contributed by atoms with Gasteiger partial charge in [-0.2, -0.15) is 0 Å². The van der Waals surface area contributed by atoms with Crippen LogP contribution >= 0.6 is 7.80 Å². The molecule has 233 valence electrons. The fourth-order valence-electron chi connectivity index (χ4n) is 6.06. The molecular formula is C34H50O7P. The van der Waals surface area contributed by atoms with E-state index in [-0.39, 0.29) is 45.4 Å². The highest BCUT2D eigenvalue weighted by atomic mass is 31.1. The quantitative estimate of drug-likeness (QED) is 0.158. The van der Waals surface area contributed by atoms with E-state index in [1.54, 1.807) is 36.4 Å². The van der Waals surface area contributed by atoms with Gasteiger partial charge in [0.25, 0.3) is 0 Å². The molecule has 2 rings (SSSR count). The molecular weight excluding hydrogens is 551 g/mol. The Hall–Kier alpha value is -2.92. The second-order valence-corrected chi connectivity index (χ2v) is 15.4. The predicted molar refractivity (Wildman–Crippen MR) is 169 cm³/mol. The van der Waals surface area contributed by atoms with Crippen LogP contribution in [-0.4, -0.2) is 51.3 Å². The van der Waals surface area contributed by atoms with Crippen LogP contribution in [0.3, 0.4) is 0 Å². The minimum absolute atomic E-state index is 0.151. The molecule has 7 nitrogen and oxygen atoms in total. The summed E-state index contributed by atoms with van der Waals surface area (Å²) in [7, 11) is 3.50. The van der Waals surface area contributed by atoms with E-state index < -0.39 is 19.1 Å². The van der Waals surface area contributed by atoms with Crippen molar-refractivity contribution in [3.8, 4) is 23.0 Å². The molecule has 0 aliphatic carbocycles. The molecule has 42 heavy (non-hydrogen) atoms. The Bertz CT molecular complexity index is 1120. The summed E-state index contributed by atoms with van der Waals surface area (Å²) < 4.78 is 37.4. The van der Waals surface area contributed by atoms with Gasteiger partial charge < -0.3 is 18.9 Å². The first-order valence-corrected chi connectivity index (χ1v) is 15.9. The fourth-order valence-corrected chi connectivity index (χ4v) is 8.34. The highest BCUT2D eigenvalue weighted by molar-refractivity contribution is 7.49. The molecule has 0 saturated heterocycles. The van der Waals surface area contributed by atoms with Crippen molar-refractivity contribution in [2.24, 2.45) is 22.7 Å². The topological polar surface area (TPSA) is 88.1 Å². The summed E-state index contributed by atoms with van der Waals surface area (Å²) in [6.45, 7) is 16.4. The van der Waals surface area contributed by atoms with E-state index in [4.69, 9.17) is 18.9 Å². The molecule has 0 aliphatic heterocycles. The largest absolute Gasteiger partial charge is 0.496 e. The SMILES string of the molecule is COc1cccc(OC)c1C(=O)C(C(C)CC(C)(C)C)[P](=O)C(C(=O)c1c(OC)cccc1OC)C(C)CC(C)(C)C. The molecule has 0 saturated carbocycles. The second kappa shape index (κ2) is 14.5. The molecule has 8 heteroatoms. The number of hydrogen-bond donors (Lipinski definition) is 0. The maximum Gasteiger partial charge on any atom is 0.184 e. The van der Waals surface area contributed by atoms with Gasteiger partial charge in [-0.05, 0) is 59.8 Å². The first kappa shape index (κ1) is 35.3. The van der Waals surface area contributed by atoms with Crippen LogP contribution in [0.25, 0.3) is 0 Å². The van der Waals surface area contributed by atoms with Crippen LogP contribution in [-0.2, 0) is 4.57 Å². The molecule has 0 bridgehead atoms. The lowest BCUT2D eigenvalue weighted by Crippen LogP contribution is -2.36. The highest BCUT2D eigenvalue weighted by Crippen LogP contribution is 2.51. The summed E-state index contributed by atoms with van der Waals surface area (Å²) in [5.74, 6) is 0.0329. The average Bonchev–Trinajstić information content (AvgIpc) is 2.89. The van der Waals surface area contributed by atoms with E-state index in [1.807, 2.05) is 13.8 Å². The molecule has 0 aliphatic rings. The molecule has 0 spiro atoms. The van der Waals surface area contributed by atoms with Gasteiger partial charge in [0.2, 0.25) is 0 Å². The maximum absolute atomic E-state index is 15.1. The van der Waals surface area contributed by atoms with Crippen molar-refractivity contribution in [1.82, 2.24) is 0 Å². The van der Waals surface area contributed by atoms with Crippen molar-refractivity contribution in [1.29, 1.82) is 0 Å². The highest BCUT2D eigenvalue weighted by Gasteiger charge is 2.45. The van der Waals surface area contributed by atoms with Gasteiger partial charge >= 0.3 is 0 Å². The van der Waals surface area contributed by atoms with Gasteiger partial charge in [-0.1, -0.05) is 67.5 Å². The summed E-state index contributed by atoms with van der Waals surface area (Å²) in [6, 6.07) is 10.3. The molecule has 4 atom stereocenters. The Morgan fingerprint density at radius 1 is 0.619 bits per heavy atom. The summed E-state index contributed by atoms with van der Waals surface area (Å²) in [6.07, 6.45) is 1.24. The molecule has 0 heterocycles. The van der Waals surface area contributed by atoms with Crippen molar-refractivity contribution >= 4 is 19.4 Å². The van der Waals surface area contributed by atoms with Crippen molar-refractivity contribution < 1.29 is 33.1 Å². The Kier molecular flexibility index (Phi) is 12.2. The van der Waals surface area contributed by atoms with Gasteiger partial charge in [-0.25, -0.2) is 0 Å². The van der Waals surface area contributed by atoms with Crippen molar-refractivity contribution in [2.45, 2.75) is 79.5 Å². The van der Waals surface area contributed by atoms with Gasteiger partial charge in [0.1, 0.15) is 34.1 Å². The van der Waals surface area contributed by atoms with E-state index in [2.05, 4.69) is 41.5 Å². The lowest BCUT2D eigenvalue weighted by molar-refractivity contribution is 0.0945. The van der Waals surface area contributed by atoms with Crippen molar-refractivity contribution in [3.05, 3.63) is 47.5 Å². The lowest BCUT2D eigenvalue weighted by Gasteiger charge is -2.34. The number of benzene rings is 2. The van der Waals surface area contributed by atoms with Gasteiger partial charge in [0.05, 0.1) is 47.6 Å². The van der Waals surface area contributed by atoms with Gasteiger partial charge in [0, 0.05) is 0 Å². The van der Waals surface area contributed by atoms with E-state index in [1.165, 1.54) is 28.4 Å². The number of Topliss-reactive ketones (excluding diaryl/α,β-unsaturated/α-hetero) is 2. The maximum atomic E-state index is 15.1. The van der Waals surface area contributed by atoms with Crippen LogP contribution < -0.4 is 18.9 Å². The second-order valence-electron chi connectivity index (χ2n) is 13.5. The van der Waals surface area contributed by atoms with Crippen LogP contribution in [0.1, 0.15) is 88.9 Å². The van der Waals surface area contributed by atoms with E-state index in [9.17, 15) is 9.59 Å². The van der Waals surface area contributed by atoms with E-state index >= 15 is 4.57 Å². The molecule has 0 N–H and O–H groups in total. The van der Waals surface area contributed by atoms with Crippen LogP contribution in [0.2, 0.25) is 0 Å². The number of hydrogen-bond acceptors (Lipinski definition) is 7. The summed E-state index contributed by atoms with van der Waals surface area (Å²) in [5.41, 5.74) is -1.77. The monoisotopic (exact) mass is 601 g/mol. The molecule has 1 radical (unpaired) electrons. The van der Waals surface area contributed by atoms with Crippen LogP contribution in [0.15, 0.2) is 36.4 Å². The third kappa shape index (κ3) is 8.56. The number of rotatable bonds is 14. The summed E-state index contributed by atoms with van der Waals surface area (Å²) in [4.78, 5) is 29.2. The molecule has 2 aromatic rings. The van der Waals surface area contributed by atoms with Gasteiger partial charge in [-0.3, -0.25) is 14.2 Å². The zero-order valence-electron chi connectivity index (χ0n) is 27.5. The first-order chi connectivity index (χ1) is 19.5. The van der Waals surface area contributed by atoms with Crippen LogP contribution in [0, 0.1) is 22.7 Å².